The maximum absolute atomic E-state index is 13.1. The van der Waals surface area contributed by atoms with Crippen LogP contribution in [0.2, 0.25) is 0 Å². The van der Waals surface area contributed by atoms with E-state index in [4.69, 9.17) is 4.74 Å². The van der Waals surface area contributed by atoms with Crippen LogP contribution in [0.15, 0.2) is 72.8 Å². The number of nitrogens with one attached hydrogen (secondary N) is 3. The van der Waals surface area contributed by atoms with Crippen LogP contribution in [0.5, 0.6) is 5.75 Å². The molecule has 0 aliphatic rings. The molecule has 0 saturated heterocycles. The number of amides is 2. The molecule has 4 rings (SSSR count). The molecule has 2 amide bonds. The molecule has 1 aromatic heterocycles. The number of aryl methyl sites for hydroxylation is 1. The summed E-state index contributed by atoms with van der Waals surface area (Å²) in [6.45, 7) is 4.73. The average molecular weight is 428 g/mol. The van der Waals surface area contributed by atoms with E-state index in [2.05, 4.69) is 15.6 Å². The third-order valence-electron chi connectivity index (χ3n) is 5.20. The second kappa shape index (κ2) is 9.39. The number of rotatable bonds is 7. The van der Waals surface area contributed by atoms with Crippen LogP contribution in [0.4, 0.5) is 5.69 Å². The van der Waals surface area contributed by atoms with Crippen molar-refractivity contribution < 1.29 is 14.3 Å². The van der Waals surface area contributed by atoms with Crippen LogP contribution in [-0.4, -0.2) is 23.4 Å². The molecule has 0 bridgehead atoms. The molecule has 0 fully saturated rings. The first-order valence-corrected chi connectivity index (χ1v) is 10.5. The lowest BCUT2D eigenvalue weighted by atomic mass is 10.1. The Balaban J connectivity index is 1.60. The van der Waals surface area contributed by atoms with Crippen molar-refractivity contribution >= 4 is 28.4 Å². The Morgan fingerprint density at radius 3 is 2.41 bits per heavy atom. The molecule has 0 aliphatic heterocycles. The number of ether oxygens (including phenoxy) is 1. The van der Waals surface area contributed by atoms with Crippen molar-refractivity contribution in [1.82, 2.24) is 10.3 Å². The van der Waals surface area contributed by atoms with E-state index in [-0.39, 0.29) is 11.8 Å². The van der Waals surface area contributed by atoms with Crippen molar-refractivity contribution in [2.75, 3.05) is 11.9 Å². The van der Waals surface area contributed by atoms with E-state index in [1.165, 1.54) is 0 Å². The SMILES string of the molecule is CCOc1ccccc1CNC(=O)c1[nH]c2ccccc2c1NC(=O)c1ccc(C)cc1. The van der Waals surface area contributed by atoms with Crippen LogP contribution in [-0.2, 0) is 6.54 Å². The first-order valence-electron chi connectivity index (χ1n) is 10.5. The largest absolute Gasteiger partial charge is 0.494 e. The van der Waals surface area contributed by atoms with Gasteiger partial charge in [0.1, 0.15) is 11.4 Å². The molecule has 0 unspecified atom stereocenters. The standard InChI is InChI=1S/C26H25N3O3/c1-3-32-22-11-7-4-8-19(22)16-27-26(31)24-23(20-9-5-6-10-21(20)28-24)29-25(30)18-14-12-17(2)13-15-18/h4-15,28H,3,16H2,1-2H3,(H,27,31)(H,29,30). The van der Waals surface area contributed by atoms with Gasteiger partial charge in [-0.15, -0.1) is 0 Å². The minimum absolute atomic E-state index is 0.273. The first-order chi connectivity index (χ1) is 15.6. The van der Waals surface area contributed by atoms with Crippen LogP contribution in [0.1, 0.15) is 38.9 Å². The van der Waals surface area contributed by atoms with Gasteiger partial charge in [0.05, 0.1) is 12.3 Å². The number of fused-ring (bicyclic) bond motifs is 1. The van der Waals surface area contributed by atoms with Crippen molar-refractivity contribution in [1.29, 1.82) is 0 Å². The Kier molecular flexibility index (Phi) is 6.22. The Bertz CT molecular complexity index is 1260. The first kappa shape index (κ1) is 21.2. The van der Waals surface area contributed by atoms with Gasteiger partial charge in [0.25, 0.3) is 11.8 Å². The van der Waals surface area contributed by atoms with Gasteiger partial charge >= 0.3 is 0 Å². The van der Waals surface area contributed by atoms with Crippen LogP contribution in [0.25, 0.3) is 10.9 Å². The van der Waals surface area contributed by atoms with Crippen molar-refractivity contribution in [3.05, 3.63) is 95.2 Å². The van der Waals surface area contributed by atoms with Crippen LogP contribution < -0.4 is 15.4 Å². The van der Waals surface area contributed by atoms with Crippen molar-refractivity contribution in [3.8, 4) is 5.75 Å². The second-order valence-corrected chi connectivity index (χ2v) is 7.46. The van der Waals surface area contributed by atoms with Crippen LogP contribution in [0, 0.1) is 6.92 Å². The van der Waals surface area contributed by atoms with Gasteiger partial charge in [0.2, 0.25) is 0 Å². The average Bonchev–Trinajstić information content (AvgIpc) is 3.17. The Morgan fingerprint density at radius 2 is 1.62 bits per heavy atom. The lowest BCUT2D eigenvalue weighted by Gasteiger charge is -2.12. The summed E-state index contributed by atoms with van der Waals surface area (Å²) in [7, 11) is 0. The number of hydrogen-bond donors (Lipinski definition) is 3. The smallest absolute Gasteiger partial charge is 0.270 e. The van der Waals surface area contributed by atoms with Gasteiger partial charge in [-0.05, 0) is 38.1 Å². The lowest BCUT2D eigenvalue weighted by Crippen LogP contribution is -2.25. The van der Waals surface area contributed by atoms with E-state index in [9.17, 15) is 9.59 Å². The number of aromatic nitrogens is 1. The minimum Gasteiger partial charge on any atom is -0.494 e. The van der Waals surface area contributed by atoms with E-state index >= 15 is 0 Å². The van der Waals surface area contributed by atoms with Gasteiger partial charge in [-0.2, -0.15) is 0 Å². The summed E-state index contributed by atoms with van der Waals surface area (Å²) in [6.07, 6.45) is 0. The summed E-state index contributed by atoms with van der Waals surface area (Å²) in [5.74, 6) is 0.150. The summed E-state index contributed by atoms with van der Waals surface area (Å²) in [4.78, 5) is 29.1. The summed E-state index contributed by atoms with van der Waals surface area (Å²) >= 11 is 0. The molecule has 1 heterocycles. The van der Waals surface area contributed by atoms with Gasteiger partial charge in [-0.1, -0.05) is 54.1 Å². The molecule has 3 aromatic carbocycles. The summed E-state index contributed by atoms with van der Waals surface area (Å²) < 4.78 is 5.64. The predicted molar refractivity (Wildman–Crippen MR) is 126 cm³/mol. The third kappa shape index (κ3) is 4.49. The highest BCUT2D eigenvalue weighted by atomic mass is 16.5. The lowest BCUT2D eigenvalue weighted by molar-refractivity contribution is 0.0947. The molecule has 0 spiro atoms. The van der Waals surface area contributed by atoms with E-state index in [1.54, 1.807) is 12.1 Å². The molecule has 6 nitrogen and oxygen atoms in total. The second-order valence-electron chi connectivity index (χ2n) is 7.46. The van der Waals surface area contributed by atoms with Crippen LogP contribution in [0.3, 0.4) is 0 Å². The zero-order valence-corrected chi connectivity index (χ0v) is 18.1. The predicted octanol–water partition coefficient (Wildman–Crippen LogP) is 5.06. The summed E-state index contributed by atoms with van der Waals surface area (Å²) in [5, 5.41) is 6.63. The van der Waals surface area contributed by atoms with Gasteiger partial charge in [-0.25, -0.2) is 0 Å². The van der Waals surface area contributed by atoms with E-state index in [1.807, 2.05) is 74.5 Å². The quantitative estimate of drug-likeness (QED) is 0.386. The monoisotopic (exact) mass is 427 g/mol. The van der Waals surface area contributed by atoms with Crippen molar-refractivity contribution in [2.24, 2.45) is 0 Å². The maximum Gasteiger partial charge on any atom is 0.270 e. The van der Waals surface area contributed by atoms with Crippen LogP contribution >= 0.6 is 0 Å². The molecule has 0 saturated carbocycles. The number of para-hydroxylation sites is 2. The fraction of sp³-hybridized carbons (Fsp3) is 0.154. The fourth-order valence-electron chi connectivity index (χ4n) is 3.54. The van der Waals surface area contributed by atoms with Gasteiger partial charge < -0.3 is 20.4 Å². The number of benzene rings is 3. The topological polar surface area (TPSA) is 83.2 Å². The summed E-state index contributed by atoms with van der Waals surface area (Å²) in [5.41, 5.74) is 4.01. The molecule has 0 radical (unpaired) electrons. The van der Waals surface area contributed by atoms with E-state index in [0.717, 1.165) is 27.8 Å². The van der Waals surface area contributed by atoms with E-state index in [0.29, 0.717) is 30.1 Å². The highest BCUT2D eigenvalue weighted by Gasteiger charge is 2.20. The Hall–Kier alpha value is -4.06. The minimum atomic E-state index is -0.313. The normalized spacial score (nSPS) is 10.7. The number of aromatic amines is 1. The van der Waals surface area contributed by atoms with Gasteiger partial charge in [0, 0.05) is 28.6 Å². The Morgan fingerprint density at radius 1 is 0.906 bits per heavy atom. The highest BCUT2D eigenvalue weighted by Crippen LogP contribution is 2.28. The van der Waals surface area contributed by atoms with Gasteiger partial charge in [0.15, 0.2) is 0 Å². The molecule has 4 aromatic rings. The van der Waals surface area contributed by atoms with Crippen molar-refractivity contribution in [2.45, 2.75) is 20.4 Å². The third-order valence-corrected chi connectivity index (χ3v) is 5.20. The number of H-pyrrole nitrogens is 1. The van der Waals surface area contributed by atoms with Crippen molar-refractivity contribution in [3.63, 3.8) is 0 Å². The molecule has 3 N–H and O–H groups in total. The number of anilines is 1. The number of hydrogen-bond acceptors (Lipinski definition) is 3. The molecular formula is C26H25N3O3. The fourth-order valence-corrected chi connectivity index (χ4v) is 3.54. The molecule has 0 atom stereocenters. The number of carbonyl (C=O) groups excluding carboxylic acids is 2. The molecule has 32 heavy (non-hydrogen) atoms. The van der Waals surface area contributed by atoms with Gasteiger partial charge in [-0.3, -0.25) is 9.59 Å². The molecular weight excluding hydrogens is 402 g/mol. The summed E-state index contributed by atoms with van der Waals surface area (Å²) in [6, 6.07) is 22.4. The zero-order chi connectivity index (χ0) is 22.5. The molecule has 0 aliphatic carbocycles. The maximum atomic E-state index is 13.1. The Labute approximate surface area is 186 Å². The van der Waals surface area contributed by atoms with E-state index < -0.39 is 0 Å². The number of carbonyl (C=O) groups is 2. The molecule has 162 valence electrons. The molecule has 6 heteroatoms. The zero-order valence-electron chi connectivity index (χ0n) is 18.1. The highest BCUT2D eigenvalue weighted by molar-refractivity contribution is 6.15.